The van der Waals surface area contributed by atoms with Crippen LogP contribution in [0, 0.1) is 5.92 Å². The van der Waals surface area contributed by atoms with Crippen LogP contribution >= 0.6 is 11.8 Å². The molecule has 0 heterocycles. The topological polar surface area (TPSA) is 52.6 Å². The molecule has 0 saturated carbocycles. The SMILES string of the molecule is COC(=O)CSCC(C)C(=O)OC(C)(C)C. The first-order valence-corrected chi connectivity index (χ1v) is 6.29. The normalized spacial score (nSPS) is 13.1. The maximum atomic E-state index is 11.6. The Labute approximate surface area is 101 Å². The molecule has 1 unspecified atom stereocenters. The number of methoxy groups -OCH3 is 1. The Kier molecular flexibility index (Phi) is 6.48. The van der Waals surface area contributed by atoms with Crippen molar-refractivity contribution in [2.75, 3.05) is 18.6 Å². The molecule has 4 nitrogen and oxygen atoms in total. The van der Waals surface area contributed by atoms with Gasteiger partial charge in [0.15, 0.2) is 0 Å². The van der Waals surface area contributed by atoms with Crippen LogP contribution in [0.3, 0.4) is 0 Å². The molecule has 0 radical (unpaired) electrons. The van der Waals surface area contributed by atoms with Crippen molar-refractivity contribution >= 4 is 23.7 Å². The summed E-state index contributed by atoms with van der Waals surface area (Å²) in [6.07, 6.45) is 0. The lowest BCUT2D eigenvalue weighted by molar-refractivity contribution is -0.158. The van der Waals surface area contributed by atoms with E-state index in [2.05, 4.69) is 4.74 Å². The molecule has 0 aromatic heterocycles. The monoisotopic (exact) mass is 248 g/mol. The second-order valence-corrected chi connectivity index (χ2v) is 5.56. The third-order valence-electron chi connectivity index (χ3n) is 1.62. The van der Waals surface area contributed by atoms with Crippen molar-refractivity contribution in [2.45, 2.75) is 33.3 Å². The first kappa shape index (κ1) is 15.3. The predicted octanol–water partition coefficient (Wildman–Crippen LogP) is 1.87. The van der Waals surface area contributed by atoms with Crippen molar-refractivity contribution in [3.63, 3.8) is 0 Å². The fraction of sp³-hybridized carbons (Fsp3) is 0.818. The molecule has 16 heavy (non-hydrogen) atoms. The summed E-state index contributed by atoms with van der Waals surface area (Å²) >= 11 is 1.37. The van der Waals surface area contributed by atoms with Gasteiger partial charge >= 0.3 is 11.9 Å². The summed E-state index contributed by atoms with van der Waals surface area (Å²) in [6, 6.07) is 0. The molecule has 0 spiro atoms. The van der Waals surface area contributed by atoms with Gasteiger partial charge in [0.25, 0.3) is 0 Å². The Bertz CT molecular complexity index is 245. The fourth-order valence-electron chi connectivity index (χ4n) is 0.848. The van der Waals surface area contributed by atoms with Crippen LogP contribution in [-0.4, -0.2) is 36.2 Å². The zero-order valence-corrected chi connectivity index (χ0v) is 11.3. The Morgan fingerprint density at radius 2 is 1.88 bits per heavy atom. The van der Waals surface area contributed by atoms with Crippen LogP contribution in [0.4, 0.5) is 0 Å². The third-order valence-corrected chi connectivity index (χ3v) is 2.80. The summed E-state index contributed by atoms with van der Waals surface area (Å²) in [5.74, 6) is 0.105. The summed E-state index contributed by atoms with van der Waals surface area (Å²) in [6.45, 7) is 7.29. The summed E-state index contributed by atoms with van der Waals surface area (Å²) in [5.41, 5.74) is -0.460. The molecule has 0 fully saturated rings. The maximum absolute atomic E-state index is 11.6. The van der Waals surface area contributed by atoms with Gasteiger partial charge in [-0.3, -0.25) is 9.59 Å². The van der Waals surface area contributed by atoms with E-state index in [1.165, 1.54) is 18.9 Å². The van der Waals surface area contributed by atoms with E-state index in [0.29, 0.717) is 5.75 Å². The summed E-state index contributed by atoms with van der Waals surface area (Å²) in [7, 11) is 1.35. The van der Waals surface area contributed by atoms with Gasteiger partial charge < -0.3 is 9.47 Å². The molecule has 0 amide bonds. The van der Waals surface area contributed by atoms with Gasteiger partial charge in [-0.25, -0.2) is 0 Å². The van der Waals surface area contributed by atoms with Gasteiger partial charge in [-0.15, -0.1) is 11.8 Å². The second-order valence-electron chi connectivity index (χ2n) is 4.53. The summed E-state index contributed by atoms with van der Waals surface area (Å²) in [5, 5.41) is 0. The molecule has 0 aromatic rings. The maximum Gasteiger partial charge on any atom is 0.315 e. The number of carbonyl (C=O) groups excluding carboxylic acids is 2. The number of thioether (sulfide) groups is 1. The zero-order valence-electron chi connectivity index (χ0n) is 10.5. The van der Waals surface area contributed by atoms with Crippen LogP contribution in [0.2, 0.25) is 0 Å². The lowest BCUT2D eigenvalue weighted by atomic mass is 10.1. The van der Waals surface area contributed by atoms with Gasteiger partial charge in [-0.05, 0) is 20.8 Å². The fourth-order valence-corrected chi connectivity index (χ4v) is 1.74. The summed E-state index contributed by atoms with van der Waals surface area (Å²) < 4.78 is 9.71. The molecule has 0 rings (SSSR count). The van der Waals surface area contributed by atoms with Crippen molar-refractivity contribution in [2.24, 2.45) is 5.92 Å². The van der Waals surface area contributed by atoms with Crippen LogP contribution in [-0.2, 0) is 19.1 Å². The molecular weight excluding hydrogens is 228 g/mol. The van der Waals surface area contributed by atoms with E-state index in [-0.39, 0.29) is 23.6 Å². The first-order chi connectivity index (χ1) is 7.26. The highest BCUT2D eigenvalue weighted by Gasteiger charge is 2.21. The summed E-state index contributed by atoms with van der Waals surface area (Å²) in [4.78, 5) is 22.4. The molecule has 1 atom stereocenters. The largest absolute Gasteiger partial charge is 0.468 e. The van der Waals surface area contributed by atoms with E-state index >= 15 is 0 Å². The quantitative estimate of drug-likeness (QED) is 0.695. The molecule has 0 bridgehead atoms. The van der Waals surface area contributed by atoms with Crippen LogP contribution in [0.5, 0.6) is 0 Å². The highest BCUT2D eigenvalue weighted by Crippen LogP contribution is 2.15. The van der Waals surface area contributed by atoms with E-state index in [0.717, 1.165) is 0 Å². The van der Waals surface area contributed by atoms with Gasteiger partial charge in [0.1, 0.15) is 5.60 Å². The van der Waals surface area contributed by atoms with Crippen molar-refractivity contribution in [3.05, 3.63) is 0 Å². The van der Waals surface area contributed by atoms with Crippen molar-refractivity contribution in [3.8, 4) is 0 Å². The average Bonchev–Trinajstić information content (AvgIpc) is 2.14. The molecule has 94 valence electrons. The molecule has 0 saturated heterocycles. The van der Waals surface area contributed by atoms with Gasteiger partial charge in [0, 0.05) is 5.75 Å². The highest BCUT2D eigenvalue weighted by molar-refractivity contribution is 7.99. The molecule has 0 aliphatic heterocycles. The van der Waals surface area contributed by atoms with Crippen molar-refractivity contribution < 1.29 is 19.1 Å². The van der Waals surface area contributed by atoms with E-state index in [9.17, 15) is 9.59 Å². The third kappa shape index (κ3) is 7.56. The van der Waals surface area contributed by atoms with E-state index in [1.54, 1.807) is 6.92 Å². The number of rotatable bonds is 5. The zero-order chi connectivity index (χ0) is 12.8. The Morgan fingerprint density at radius 1 is 1.31 bits per heavy atom. The molecule has 0 aliphatic rings. The van der Waals surface area contributed by atoms with Crippen molar-refractivity contribution in [1.82, 2.24) is 0 Å². The number of hydrogen-bond donors (Lipinski definition) is 0. The number of hydrogen-bond acceptors (Lipinski definition) is 5. The minimum atomic E-state index is -0.460. The lowest BCUT2D eigenvalue weighted by Crippen LogP contribution is -2.28. The second kappa shape index (κ2) is 6.78. The standard InChI is InChI=1S/C11H20O4S/c1-8(6-16-7-9(12)14-5)10(13)15-11(2,3)4/h8H,6-7H2,1-5H3. The smallest absolute Gasteiger partial charge is 0.315 e. The Morgan fingerprint density at radius 3 is 2.31 bits per heavy atom. The van der Waals surface area contributed by atoms with Gasteiger partial charge in [-0.2, -0.15) is 0 Å². The van der Waals surface area contributed by atoms with E-state index < -0.39 is 5.60 Å². The predicted molar refractivity (Wildman–Crippen MR) is 64.4 cm³/mol. The molecule has 0 aliphatic carbocycles. The van der Waals surface area contributed by atoms with Gasteiger partial charge in [0.2, 0.25) is 0 Å². The Hall–Kier alpha value is -0.710. The van der Waals surface area contributed by atoms with Crippen LogP contribution in [0.15, 0.2) is 0 Å². The lowest BCUT2D eigenvalue weighted by Gasteiger charge is -2.22. The number of ether oxygens (including phenoxy) is 2. The molecule has 0 aromatic carbocycles. The number of esters is 2. The van der Waals surface area contributed by atoms with E-state index in [4.69, 9.17) is 4.74 Å². The Balaban J connectivity index is 3.84. The minimum absolute atomic E-state index is 0.214. The van der Waals surface area contributed by atoms with Crippen LogP contribution in [0.25, 0.3) is 0 Å². The van der Waals surface area contributed by atoms with Crippen LogP contribution in [0.1, 0.15) is 27.7 Å². The number of carbonyl (C=O) groups is 2. The molecule has 5 heteroatoms. The van der Waals surface area contributed by atoms with Crippen LogP contribution < -0.4 is 0 Å². The highest BCUT2D eigenvalue weighted by atomic mass is 32.2. The molecular formula is C11H20O4S. The minimum Gasteiger partial charge on any atom is -0.468 e. The van der Waals surface area contributed by atoms with Gasteiger partial charge in [0.05, 0.1) is 18.8 Å². The van der Waals surface area contributed by atoms with Gasteiger partial charge in [-0.1, -0.05) is 6.92 Å². The van der Waals surface area contributed by atoms with E-state index in [1.807, 2.05) is 20.8 Å². The van der Waals surface area contributed by atoms with Crippen molar-refractivity contribution in [1.29, 1.82) is 0 Å². The average molecular weight is 248 g/mol. The molecule has 0 N–H and O–H groups in total. The first-order valence-electron chi connectivity index (χ1n) is 5.13.